The number of carbonyl (C=O) groups is 1. The van der Waals surface area contributed by atoms with Gasteiger partial charge in [0.2, 0.25) is 6.79 Å². The Balaban J connectivity index is 1.56. The van der Waals surface area contributed by atoms with Crippen LogP contribution in [0, 0.1) is 0 Å². The van der Waals surface area contributed by atoms with Crippen LogP contribution in [0.3, 0.4) is 0 Å². The number of unbranched alkanes of at least 4 members (excludes halogenated alkanes) is 7. The van der Waals surface area contributed by atoms with Crippen LogP contribution in [0.15, 0.2) is 54.6 Å². The number of benzene rings is 2. The summed E-state index contributed by atoms with van der Waals surface area (Å²) in [6.45, 7) is 3.83. The lowest BCUT2D eigenvalue weighted by Crippen LogP contribution is -2.40. The molecule has 0 atom stereocenters. The van der Waals surface area contributed by atoms with Crippen LogP contribution in [-0.4, -0.2) is 37.9 Å². The first-order chi connectivity index (χ1) is 16.0. The molecular weight excluding hydrogens is 410 g/mol. The summed E-state index contributed by atoms with van der Waals surface area (Å²) in [5.41, 5.74) is 2.61. The number of hydrogen-bond acceptors (Lipinski definition) is 3. The van der Waals surface area contributed by atoms with E-state index in [-0.39, 0.29) is 12.8 Å². The molecule has 33 heavy (non-hydrogen) atoms. The average Bonchev–Trinajstić information content (AvgIpc) is 2.81. The van der Waals surface area contributed by atoms with Gasteiger partial charge in [-0.05, 0) is 30.5 Å². The summed E-state index contributed by atoms with van der Waals surface area (Å²) in [5, 5.41) is 0. The summed E-state index contributed by atoms with van der Waals surface area (Å²) in [7, 11) is 4.26. The van der Waals surface area contributed by atoms with Crippen molar-refractivity contribution in [3.8, 4) is 5.75 Å². The molecule has 2 aromatic carbocycles. The monoisotopic (exact) mass is 454 g/mol. The smallest absolute Gasteiger partial charge is 0.314 e. The van der Waals surface area contributed by atoms with E-state index in [0.717, 1.165) is 29.7 Å². The molecule has 0 aliphatic carbocycles. The topological polar surface area (TPSA) is 35.5 Å². The fraction of sp³-hybridized carbons (Fsp3) is 0.552. The number of carbonyl (C=O) groups excluding carboxylic acids is 1. The van der Waals surface area contributed by atoms with Crippen LogP contribution in [0.1, 0.15) is 75.8 Å². The minimum Gasteiger partial charge on any atom is -0.457 e. The van der Waals surface area contributed by atoms with Gasteiger partial charge in [-0.3, -0.25) is 4.79 Å². The molecule has 0 bridgehead atoms. The van der Waals surface area contributed by atoms with E-state index in [0.29, 0.717) is 6.42 Å². The highest BCUT2D eigenvalue weighted by atomic mass is 16.7. The Bertz CT molecular complexity index is 771. The Morgan fingerprint density at radius 1 is 0.788 bits per heavy atom. The van der Waals surface area contributed by atoms with E-state index in [1.165, 1.54) is 62.5 Å². The average molecular weight is 455 g/mol. The minimum absolute atomic E-state index is 0.0394. The SMILES string of the molecule is CCCCCCCCCCc1ccc(OCOC(=O)CC[N+](C)(C)Cc2ccccc2)cc1. The number of quaternary nitrogens is 1. The molecule has 0 aliphatic heterocycles. The van der Waals surface area contributed by atoms with Gasteiger partial charge in [0.15, 0.2) is 0 Å². The van der Waals surface area contributed by atoms with Crippen LogP contribution < -0.4 is 4.74 Å². The van der Waals surface area contributed by atoms with Crippen LogP contribution >= 0.6 is 0 Å². The standard InChI is InChI=1S/C29H44NO3/c1-4-5-6-7-8-9-10-12-15-26-18-20-28(21-19-26)32-25-33-29(31)22-23-30(2,3)24-27-16-13-11-14-17-27/h11,13-14,16-21H,4-10,12,15,22-25H2,1-3H3/q+1. The van der Waals surface area contributed by atoms with Crippen molar-refractivity contribution in [3.05, 3.63) is 65.7 Å². The highest BCUT2D eigenvalue weighted by Crippen LogP contribution is 2.16. The van der Waals surface area contributed by atoms with E-state index in [1.54, 1.807) is 0 Å². The van der Waals surface area contributed by atoms with Crippen molar-refractivity contribution < 1.29 is 18.8 Å². The predicted octanol–water partition coefficient (Wildman–Crippen LogP) is 6.92. The van der Waals surface area contributed by atoms with Gasteiger partial charge < -0.3 is 14.0 Å². The zero-order chi connectivity index (χ0) is 23.8. The summed E-state index contributed by atoms with van der Waals surface area (Å²) in [5.74, 6) is 0.517. The molecule has 182 valence electrons. The van der Waals surface area contributed by atoms with Crippen LogP contribution in [0.25, 0.3) is 0 Å². The van der Waals surface area contributed by atoms with Gasteiger partial charge >= 0.3 is 5.97 Å². The highest BCUT2D eigenvalue weighted by molar-refractivity contribution is 5.69. The third-order valence-electron chi connectivity index (χ3n) is 6.06. The fourth-order valence-electron chi connectivity index (χ4n) is 4.00. The molecule has 0 amide bonds. The second-order valence-electron chi connectivity index (χ2n) is 9.70. The van der Waals surface area contributed by atoms with Crippen molar-refractivity contribution in [1.82, 2.24) is 0 Å². The van der Waals surface area contributed by atoms with Gasteiger partial charge in [0.05, 0.1) is 27.1 Å². The second-order valence-corrected chi connectivity index (χ2v) is 9.70. The molecule has 0 saturated carbocycles. The van der Waals surface area contributed by atoms with Gasteiger partial charge in [0.25, 0.3) is 0 Å². The fourth-order valence-corrected chi connectivity index (χ4v) is 4.00. The van der Waals surface area contributed by atoms with E-state index in [1.807, 2.05) is 30.3 Å². The number of ether oxygens (including phenoxy) is 2. The number of aryl methyl sites for hydroxylation is 1. The summed E-state index contributed by atoms with van der Waals surface area (Å²) in [6, 6.07) is 18.5. The van der Waals surface area contributed by atoms with Crippen LogP contribution in [-0.2, 0) is 22.5 Å². The van der Waals surface area contributed by atoms with Gasteiger partial charge in [0.1, 0.15) is 12.3 Å². The van der Waals surface area contributed by atoms with Crippen LogP contribution in [0.4, 0.5) is 0 Å². The van der Waals surface area contributed by atoms with E-state index in [4.69, 9.17) is 9.47 Å². The lowest BCUT2D eigenvalue weighted by atomic mass is 10.0. The second kappa shape index (κ2) is 15.5. The molecule has 4 nitrogen and oxygen atoms in total. The molecule has 0 radical (unpaired) electrons. The molecule has 0 fully saturated rings. The normalized spacial score (nSPS) is 11.4. The van der Waals surface area contributed by atoms with Crippen molar-refractivity contribution in [2.45, 2.75) is 77.7 Å². The Hall–Kier alpha value is -2.33. The van der Waals surface area contributed by atoms with Crippen molar-refractivity contribution in [2.24, 2.45) is 0 Å². The summed E-state index contributed by atoms with van der Waals surface area (Å²) >= 11 is 0. The lowest BCUT2D eigenvalue weighted by Gasteiger charge is -2.29. The molecule has 0 heterocycles. The van der Waals surface area contributed by atoms with Gasteiger partial charge in [0, 0.05) is 5.56 Å². The van der Waals surface area contributed by atoms with Crippen LogP contribution in [0.5, 0.6) is 5.75 Å². The molecule has 0 aliphatic rings. The Morgan fingerprint density at radius 2 is 1.42 bits per heavy atom. The molecule has 2 aromatic rings. The Morgan fingerprint density at radius 3 is 2.09 bits per heavy atom. The van der Waals surface area contributed by atoms with Gasteiger partial charge in [-0.2, -0.15) is 0 Å². The largest absolute Gasteiger partial charge is 0.457 e. The first-order valence-corrected chi connectivity index (χ1v) is 12.7. The summed E-state index contributed by atoms with van der Waals surface area (Å²) < 4.78 is 11.6. The molecule has 0 unspecified atom stereocenters. The maximum absolute atomic E-state index is 12.1. The van der Waals surface area contributed by atoms with Gasteiger partial charge in [-0.15, -0.1) is 0 Å². The number of rotatable bonds is 17. The quantitative estimate of drug-likeness (QED) is 0.113. The number of nitrogens with zero attached hydrogens (tertiary/aromatic N) is 1. The molecular formula is C29H44NO3+. The zero-order valence-electron chi connectivity index (χ0n) is 21.1. The maximum atomic E-state index is 12.1. The number of esters is 1. The maximum Gasteiger partial charge on any atom is 0.314 e. The molecule has 0 saturated heterocycles. The van der Waals surface area contributed by atoms with Crippen molar-refractivity contribution >= 4 is 5.97 Å². The van der Waals surface area contributed by atoms with Gasteiger partial charge in [-0.25, -0.2) is 0 Å². The van der Waals surface area contributed by atoms with E-state index in [9.17, 15) is 4.79 Å². The van der Waals surface area contributed by atoms with Crippen LogP contribution in [0.2, 0.25) is 0 Å². The zero-order valence-corrected chi connectivity index (χ0v) is 21.1. The molecule has 0 aromatic heterocycles. The van der Waals surface area contributed by atoms with Crippen molar-refractivity contribution in [2.75, 3.05) is 27.4 Å². The first-order valence-electron chi connectivity index (χ1n) is 12.7. The summed E-state index contributed by atoms with van der Waals surface area (Å²) in [6.07, 6.45) is 12.2. The van der Waals surface area contributed by atoms with Crippen molar-refractivity contribution in [1.29, 1.82) is 0 Å². The first kappa shape index (κ1) is 26.9. The third-order valence-corrected chi connectivity index (χ3v) is 6.06. The molecule has 2 rings (SSSR count). The Kier molecular flexibility index (Phi) is 12.6. The molecule has 0 spiro atoms. The van der Waals surface area contributed by atoms with E-state index in [2.05, 4.69) is 45.3 Å². The summed E-state index contributed by atoms with van der Waals surface area (Å²) in [4.78, 5) is 12.1. The third kappa shape index (κ3) is 12.5. The minimum atomic E-state index is -0.222. The van der Waals surface area contributed by atoms with Crippen molar-refractivity contribution in [3.63, 3.8) is 0 Å². The number of hydrogen-bond donors (Lipinski definition) is 0. The highest BCUT2D eigenvalue weighted by Gasteiger charge is 2.18. The Labute approximate surface area is 201 Å². The predicted molar refractivity (Wildman–Crippen MR) is 136 cm³/mol. The molecule has 4 heteroatoms. The molecule has 0 N–H and O–H groups in total. The lowest BCUT2D eigenvalue weighted by molar-refractivity contribution is -0.903. The van der Waals surface area contributed by atoms with E-state index < -0.39 is 0 Å². The van der Waals surface area contributed by atoms with E-state index >= 15 is 0 Å². The van der Waals surface area contributed by atoms with Gasteiger partial charge in [-0.1, -0.05) is 94.3 Å².